The topological polar surface area (TPSA) is 67.3 Å². The van der Waals surface area contributed by atoms with Gasteiger partial charge in [-0.2, -0.15) is 10.5 Å². The average Bonchev–Trinajstić information content (AvgIpc) is 4.23. The van der Waals surface area contributed by atoms with Crippen molar-refractivity contribution in [2.45, 2.75) is 6.92 Å². The molecule has 15 rings (SSSR count). The molecule has 4 aromatic heterocycles. The third-order valence-electron chi connectivity index (χ3n) is 15.6. The van der Waals surface area contributed by atoms with E-state index in [-0.39, 0.29) is 0 Å². The molecule has 348 valence electrons. The van der Waals surface area contributed by atoms with E-state index in [1.54, 1.807) is 0 Å². The summed E-state index contributed by atoms with van der Waals surface area (Å²) in [5.74, 6) is 0. The third-order valence-corrected chi connectivity index (χ3v) is 15.6. The van der Waals surface area contributed by atoms with Crippen molar-refractivity contribution in [3.05, 3.63) is 253 Å². The quantitative estimate of drug-likeness (QED) is 0.167. The lowest BCUT2D eigenvalue weighted by Gasteiger charge is -2.20. The second-order valence-corrected chi connectivity index (χ2v) is 19.6. The Morgan fingerprint density at radius 3 is 1.09 bits per heavy atom. The Morgan fingerprint density at radius 1 is 0.280 bits per heavy atom. The van der Waals surface area contributed by atoms with Crippen molar-refractivity contribution >= 4 is 87.2 Å². The highest BCUT2D eigenvalue weighted by atomic mass is 15.0. The van der Waals surface area contributed by atoms with Crippen LogP contribution in [0.25, 0.3) is 132 Å². The molecule has 0 saturated carbocycles. The first kappa shape index (κ1) is 42.3. The molecule has 11 aromatic carbocycles. The number of rotatable bonds is 6. The molecule has 6 nitrogen and oxygen atoms in total. The van der Waals surface area contributed by atoms with E-state index in [1.165, 1.54) is 32.6 Å². The second kappa shape index (κ2) is 16.3. The number of aromatic nitrogens is 4. The first-order valence-electron chi connectivity index (χ1n) is 25.3. The van der Waals surface area contributed by atoms with E-state index in [4.69, 9.17) is 0 Å². The largest absolute Gasteiger partial charge is 0.309 e. The molecule has 0 atom stereocenters. The van der Waals surface area contributed by atoms with Crippen LogP contribution in [-0.2, 0) is 0 Å². The fourth-order valence-corrected chi connectivity index (χ4v) is 12.3. The number of aryl methyl sites for hydroxylation is 1. The maximum atomic E-state index is 10.7. The van der Waals surface area contributed by atoms with E-state index in [0.717, 1.165) is 105 Å². The number of fused-ring (bicyclic) bond motifs is 12. The van der Waals surface area contributed by atoms with Gasteiger partial charge < -0.3 is 18.3 Å². The van der Waals surface area contributed by atoms with Crippen molar-refractivity contribution in [1.82, 2.24) is 18.3 Å². The zero-order chi connectivity index (χ0) is 49.9. The Bertz CT molecular complexity index is 4890. The van der Waals surface area contributed by atoms with Crippen molar-refractivity contribution in [2.24, 2.45) is 0 Å². The van der Waals surface area contributed by atoms with Crippen LogP contribution >= 0.6 is 0 Å². The van der Waals surface area contributed by atoms with Gasteiger partial charge in [-0.3, -0.25) is 0 Å². The van der Waals surface area contributed by atoms with Gasteiger partial charge in [-0.05, 0) is 133 Å². The number of para-hydroxylation sites is 6. The van der Waals surface area contributed by atoms with Crippen LogP contribution < -0.4 is 0 Å². The molecule has 0 amide bonds. The summed E-state index contributed by atoms with van der Waals surface area (Å²) < 4.78 is 9.52. The Labute approximate surface area is 431 Å². The molecule has 0 N–H and O–H groups in total. The van der Waals surface area contributed by atoms with Gasteiger partial charge in [0.2, 0.25) is 0 Å². The summed E-state index contributed by atoms with van der Waals surface area (Å²) in [7, 11) is 0. The van der Waals surface area contributed by atoms with Gasteiger partial charge in [0.25, 0.3) is 0 Å². The van der Waals surface area contributed by atoms with Crippen molar-refractivity contribution in [1.29, 1.82) is 10.5 Å². The monoisotopic (exact) mass is 954 g/mol. The van der Waals surface area contributed by atoms with Crippen LogP contribution in [0.4, 0.5) is 0 Å². The molecular formula is C69H42N6. The van der Waals surface area contributed by atoms with E-state index in [1.807, 2.05) is 18.2 Å². The lowest BCUT2D eigenvalue weighted by atomic mass is 9.93. The van der Waals surface area contributed by atoms with Crippen LogP contribution in [0.1, 0.15) is 16.7 Å². The van der Waals surface area contributed by atoms with Crippen molar-refractivity contribution < 1.29 is 0 Å². The molecule has 0 aliphatic carbocycles. The van der Waals surface area contributed by atoms with E-state index in [0.29, 0.717) is 11.1 Å². The van der Waals surface area contributed by atoms with Gasteiger partial charge in [0.1, 0.15) is 0 Å². The molecule has 0 unspecified atom stereocenters. The minimum Gasteiger partial charge on any atom is -0.309 e. The van der Waals surface area contributed by atoms with Crippen molar-refractivity contribution in [3.63, 3.8) is 0 Å². The lowest BCUT2D eigenvalue weighted by molar-refractivity contribution is 1.15. The first-order valence-corrected chi connectivity index (χ1v) is 25.3. The van der Waals surface area contributed by atoms with Crippen molar-refractivity contribution in [2.75, 3.05) is 0 Å². The normalized spacial score (nSPS) is 11.8. The van der Waals surface area contributed by atoms with Gasteiger partial charge in [0, 0.05) is 65.6 Å². The molecule has 0 fully saturated rings. The van der Waals surface area contributed by atoms with Crippen LogP contribution in [0.5, 0.6) is 0 Å². The van der Waals surface area contributed by atoms with Crippen LogP contribution in [-0.4, -0.2) is 18.3 Å². The van der Waals surface area contributed by atoms with Gasteiger partial charge in [0.15, 0.2) is 0 Å². The summed E-state index contributed by atoms with van der Waals surface area (Å²) in [5.41, 5.74) is 19.2. The zero-order valence-corrected chi connectivity index (χ0v) is 40.7. The summed E-state index contributed by atoms with van der Waals surface area (Å²) >= 11 is 0. The molecule has 0 radical (unpaired) electrons. The predicted octanol–water partition coefficient (Wildman–Crippen LogP) is 17.5. The van der Waals surface area contributed by atoms with Crippen molar-refractivity contribution in [3.8, 4) is 57.1 Å². The summed E-state index contributed by atoms with van der Waals surface area (Å²) in [4.78, 5) is 0. The summed E-state index contributed by atoms with van der Waals surface area (Å²) in [6.45, 7) is 2.07. The molecule has 75 heavy (non-hydrogen) atoms. The summed E-state index contributed by atoms with van der Waals surface area (Å²) in [6, 6.07) is 89.2. The Hall–Kier alpha value is -10.4. The van der Waals surface area contributed by atoms with E-state index >= 15 is 0 Å². The van der Waals surface area contributed by atoms with Crippen LogP contribution in [0.2, 0.25) is 0 Å². The average molecular weight is 955 g/mol. The van der Waals surface area contributed by atoms with Crippen LogP contribution in [0.15, 0.2) is 237 Å². The summed E-state index contributed by atoms with van der Waals surface area (Å²) in [6.07, 6.45) is 0. The Balaban J connectivity index is 0.998. The third kappa shape index (κ3) is 6.24. The number of nitrogens with zero attached hydrogens (tertiary/aromatic N) is 6. The SMILES string of the molecule is Cc1cc(C#N)ccc1-c1ccc(-n2c3ccccc3c3cc(-n4c5ccccc5c5ccccc54)ccc32)c(-c2ccc(C#N)cc2-n2c3ccccc3c3cc(-n4c5ccccc5c5ccccc54)ccc32)c1. The fraction of sp³-hybridized carbons (Fsp3) is 0.0145. The van der Waals surface area contributed by atoms with Crippen LogP contribution in [0.3, 0.4) is 0 Å². The molecule has 0 saturated heterocycles. The highest BCUT2D eigenvalue weighted by molar-refractivity contribution is 6.15. The predicted molar refractivity (Wildman–Crippen MR) is 309 cm³/mol. The highest BCUT2D eigenvalue weighted by Crippen LogP contribution is 2.45. The number of nitriles is 2. The number of benzene rings is 11. The van der Waals surface area contributed by atoms with Gasteiger partial charge >= 0.3 is 0 Å². The summed E-state index contributed by atoms with van der Waals surface area (Å²) in [5, 5.41) is 30.0. The lowest BCUT2D eigenvalue weighted by Crippen LogP contribution is -2.03. The zero-order valence-electron chi connectivity index (χ0n) is 40.7. The molecule has 0 spiro atoms. The van der Waals surface area contributed by atoms with Gasteiger partial charge in [0.05, 0.1) is 78.8 Å². The minimum absolute atomic E-state index is 0.566. The first-order chi connectivity index (χ1) is 37.0. The molecule has 0 aliphatic rings. The molecular weight excluding hydrogens is 913 g/mol. The van der Waals surface area contributed by atoms with Crippen LogP contribution in [0, 0.1) is 29.6 Å². The van der Waals surface area contributed by atoms with E-state index in [2.05, 4.69) is 256 Å². The minimum atomic E-state index is 0.566. The smallest absolute Gasteiger partial charge is 0.0992 e. The van der Waals surface area contributed by atoms with E-state index in [9.17, 15) is 10.5 Å². The maximum Gasteiger partial charge on any atom is 0.0992 e. The highest BCUT2D eigenvalue weighted by Gasteiger charge is 2.24. The maximum absolute atomic E-state index is 10.7. The molecule has 6 heteroatoms. The molecule has 0 aliphatic heterocycles. The van der Waals surface area contributed by atoms with Gasteiger partial charge in [-0.25, -0.2) is 0 Å². The van der Waals surface area contributed by atoms with E-state index < -0.39 is 0 Å². The Kier molecular flexibility index (Phi) is 9.20. The number of hydrogen-bond acceptors (Lipinski definition) is 2. The number of hydrogen-bond donors (Lipinski definition) is 0. The van der Waals surface area contributed by atoms with Gasteiger partial charge in [-0.1, -0.05) is 127 Å². The fourth-order valence-electron chi connectivity index (χ4n) is 12.3. The molecule has 15 aromatic rings. The Morgan fingerprint density at radius 2 is 0.653 bits per heavy atom. The van der Waals surface area contributed by atoms with Gasteiger partial charge in [-0.15, -0.1) is 0 Å². The second-order valence-electron chi connectivity index (χ2n) is 19.6. The standard InChI is InChI=1S/C69H42N6/c1-43-36-44(41-70)26-31-49(43)46-28-33-66(74-64-24-12-6-18-54(64)58-39-47(29-34-67(58)74)72-60-20-8-2-14-50(60)51-15-3-9-21-61(51)72)57(38-46)56-32-27-45(42-71)37-69(56)75-65-25-13-7-19-55(65)59-40-48(30-35-68(59)75)73-62-22-10-4-16-52(62)53-17-5-11-23-63(53)73/h2-40H,1H3. The molecule has 0 bridgehead atoms. The molecule has 4 heterocycles.